The van der Waals surface area contributed by atoms with E-state index in [1.165, 1.54) is 12.1 Å². The summed E-state index contributed by atoms with van der Waals surface area (Å²) in [5.74, 6) is -3.61. The molecular formula is C22H24BrN3O7. The van der Waals surface area contributed by atoms with Crippen LogP contribution >= 0.6 is 15.9 Å². The Morgan fingerprint density at radius 1 is 1.12 bits per heavy atom. The number of likely N-dealkylation sites (tertiary alicyclic amines) is 1. The molecule has 1 N–H and O–H groups in total. The van der Waals surface area contributed by atoms with Crippen molar-refractivity contribution in [3.63, 3.8) is 0 Å². The number of carbonyl (C=O) groups excluding carboxylic acids is 6. The number of hydrogen-bond acceptors (Lipinski definition) is 7. The second kappa shape index (κ2) is 10.2. The lowest BCUT2D eigenvalue weighted by Crippen LogP contribution is -2.56. The highest BCUT2D eigenvalue weighted by Gasteiger charge is 2.46. The SMILES string of the molecule is CC(C)C(NC(=O)CBr)C(=O)OCCN1C(=O)CC[C@H](N2C(=O)c3ccccc3C2=O)C1=O. The molecular weight excluding hydrogens is 498 g/mol. The van der Waals surface area contributed by atoms with Gasteiger partial charge in [0, 0.05) is 6.42 Å². The normalized spacial score (nSPS) is 19.1. The summed E-state index contributed by atoms with van der Waals surface area (Å²) in [6, 6.07) is 4.31. The summed E-state index contributed by atoms with van der Waals surface area (Å²) < 4.78 is 5.20. The molecule has 0 spiro atoms. The van der Waals surface area contributed by atoms with Crippen molar-refractivity contribution in [3.05, 3.63) is 35.4 Å². The topological polar surface area (TPSA) is 130 Å². The van der Waals surface area contributed by atoms with Crippen LogP contribution in [0.25, 0.3) is 0 Å². The fourth-order valence-corrected chi connectivity index (χ4v) is 3.99. The third kappa shape index (κ3) is 4.97. The average Bonchev–Trinajstić information content (AvgIpc) is 3.04. The minimum atomic E-state index is -1.10. The Hall–Kier alpha value is -3.08. The van der Waals surface area contributed by atoms with Gasteiger partial charge in [0.05, 0.1) is 23.0 Å². The lowest BCUT2D eigenvalue weighted by Gasteiger charge is -2.34. The van der Waals surface area contributed by atoms with Gasteiger partial charge in [0.2, 0.25) is 11.8 Å². The molecule has 33 heavy (non-hydrogen) atoms. The summed E-state index contributed by atoms with van der Waals surface area (Å²) >= 11 is 3.01. The minimum Gasteiger partial charge on any atom is -0.462 e. The molecule has 1 aromatic rings. The van der Waals surface area contributed by atoms with Crippen molar-refractivity contribution in [1.82, 2.24) is 15.1 Å². The van der Waals surface area contributed by atoms with Gasteiger partial charge in [0.1, 0.15) is 18.7 Å². The van der Waals surface area contributed by atoms with Crippen LogP contribution in [0.4, 0.5) is 0 Å². The van der Waals surface area contributed by atoms with Gasteiger partial charge in [-0.25, -0.2) is 4.79 Å². The predicted octanol–water partition coefficient (Wildman–Crippen LogP) is 0.879. The zero-order chi connectivity index (χ0) is 24.3. The highest BCUT2D eigenvalue weighted by Crippen LogP contribution is 2.28. The highest BCUT2D eigenvalue weighted by molar-refractivity contribution is 9.09. The standard InChI is InChI=1S/C22H24BrN3O7/c1-12(2)18(24-16(27)11-23)22(32)33-10-9-25-17(28)8-7-15(21(25)31)26-19(29)13-5-3-4-6-14(13)20(26)30/h3-6,12,15,18H,7-11H2,1-2H3,(H,24,27)/t15-,18?/m0/s1. The summed E-state index contributed by atoms with van der Waals surface area (Å²) in [6.07, 6.45) is 0.00110. The Labute approximate surface area is 198 Å². The molecule has 1 saturated heterocycles. The number of piperidine rings is 1. The van der Waals surface area contributed by atoms with Crippen molar-refractivity contribution in [3.8, 4) is 0 Å². The van der Waals surface area contributed by atoms with E-state index in [1.807, 2.05) is 0 Å². The van der Waals surface area contributed by atoms with Gasteiger partial charge in [-0.1, -0.05) is 41.9 Å². The lowest BCUT2D eigenvalue weighted by molar-refractivity contribution is -0.156. The molecule has 0 aliphatic carbocycles. The molecule has 1 fully saturated rings. The molecule has 2 aliphatic rings. The van der Waals surface area contributed by atoms with Gasteiger partial charge >= 0.3 is 5.97 Å². The summed E-state index contributed by atoms with van der Waals surface area (Å²) in [6.45, 7) is 2.98. The van der Waals surface area contributed by atoms with Crippen molar-refractivity contribution < 1.29 is 33.5 Å². The van der Waals surface area contributed by atoms with Crippen LogP contribution in [0.15, 0.2) is 24.3 Å². The number of rotatable bonds is 8. The number of hydrogen-bond donors (Lipinski definition) is 1. The second-order valence-corrected chi connectivity index (χ2v) is 8.62. The van der Waals surface area contributed by atoms with E-state index in [9.17, 15) is 28.8 Å². The number of benzene rings is 1. The molecule has 1 unspecified atom stereocenters. The van der Waals surface area contributed by atoms with Crippen LogP contribution in [-0.4, -0.2) is 75.9 Å². The smallest absolute Gasteiger partial charge is 0.328 e. The molecule has 11 heteroatoms. The monoisotopic (exact) mass is 521 g/mol. The van der Waals surface area contributed by atoms with E-state index in [1.54, 1.807) is 26.0 Å². The van der Waals surface area contributed by atoms with Crippen molar-refractivity contribution in [1.29, 1.82) is 0 Å². The third-order valence-corrected chi connectivity index (χ3v) is 6.05. The molecule has 2 atom stereocenters. The van der Waals surface area contributed by atoms with E-state index in [0.29, 0.717) is 0 Å². The van der Waals surface area contributed by atoms with E-state index in [0.717, 1.165) is 9.80 Å². The average molecular weight is 522 g/mol. The minimum absolute atomic E-state index is 0.0273. The number of halogens is 1. The Morgan fingerprint density at radius 3 is 2.27 bits per heavy atom. The number of ether oxygens (including phenoxy) is 1. The third-order valence-electron chi connectivity index (χ3n) is 5.54. The number of carbonyl (C=O) groups is 6. The van der Waals surface area contributed by atoms with Crippen LogP contribution in [-0.2, 0) is 23.9 Å². The van der Waals surface area contributed by atoms with Crippen LogP contribution in [0.3, 0.4) is 0 Å². The Kier molecular flexibility index (Phi) is 7.62. The molecule has 0 radical (unpaired) electrons. The second-order valence-electron chi connectivity index (χ2n) is 8.05. The summed E-state index contributed by atoms with van der Waals surface area (Å²) in [5.41, 5.74) is 0.441. The fraction of sp³-hybridized carbons (Fsp3) is 0.455. The maximum absolute atomic E-state index is 13.0. The maximum atomic E-state index is 13.0. The summed E-state index contributed by atoms with van der Waals surface area (Å²) in [5, 5.41) is 2.57. The fourth-order valence-electron chi connectivity index (χ4n) is 3.82. The van der Waals surface area contributed by atoms with Crippen LogP contribution in [0, 0.1) is 5.92 Å². The number of esters is 1. The van der Waals surface area contributed by atoms with E-state index in [4.69, 9.17) is 4.74 Å². The summed E-state index contributed by atoms with van der Waals surface area (Å²) in [4.78, 5) is 76.7. The highest BCUT2D eigenvalue weighted by atomic mass is 79.9. The molecule has 0 bridgehead atoms. The molecule has 10 nitrogen and oxygen atoms in total. The van der Waals surface area contributed by atoms with Crippen molar-refractivity contribution in [2.24, 2.45) is 5.92 Å². The van der Waals surface area contributed by atoms with Gasteiger partial charge in [-0.3, -0.25) is 33.8 Å². The first kappa shape index (κ1) is 24.6. The van der Waals surface area contributed by atoms with Crippen molar-refractivity contribution in [2.75, 3.05) is 18.5 Å². The number of alkyl halides is 1. The zero-order valence-corrected chi connectivity index (χ0v) is 19.8. The predicted molar refractivity (Wildman–Crippen MR) is 118 cm³/mol. The first-order valence-corrected chi connectivity index (χ1v) is 11.6. The number of fused-ring (bicyclic) bond motifs is 1. The van der Waals surface area contributed by atoms with Gasteiger partial charge in [0.15, 0.2) is 0 Å². The maximum Gasteiger partial charge on any atom is 0.328 e. The number of amides is 5. The number of nitrogens with zero attached hydrogens (tertiary/aromatic N) is 2. The van der Waals surface area contributed by atoms with E-state index >= 15 is 0 Å². The molecule has 1 aromatic carbocycles. The van der Waals surface area contributed by atoms with Crippen molar-refractivity contribution in [2.45, 2.75) is 38.8 Å². The van der Waals surface area contributed by atoms with Gasteiger partial charge in [-0.05, 0) is 24.5 Å². The Morgan fingerprint density at radius 2 is 1.73 bits per heavy atom. The molecule has 0 aromatic heterocycles. The lowest BCUT2D eigenvalue weighted by atomic mass is 10.0. The van der Waals surface area contributed by atoms with Crippen LogP contribution in [0.5, 0.6) is 0 Å². The van der Waals surface area contributed by atoms with Crippen LogP contribution < -0.4 is 5.32 Å². The van der Waals surface area contributed by atoms with Gasteiger partial charge in [-0.15, -0.1) is 0 Å². The van der Waals surface area contributed by atoms with Crippen molar-refractivity contribution >= 4 is 51.4 Å². The molecule has 2 heterocycles. The molecule has 0 saturated carbocycles. The molecule has 5 amide bonds. The zero-order valence-electron chi connectivity index (χ0n) is 18.2. The van der Waals surface area contributed by atoms with E-state index in [-0.39, 0.29) is 54.3 Å². The van der Waals surface area contributed by atoms with Crippen LogP contribution in [0.2, 0.25) is 0 Å². The van der Waals surface area contributed by atoms with Crippen LogP contribution in [0.1, 0.15) is 47.4 Å². The van der Waals surface area contributed by atoms with E-state index in [2.05, 4.69) is 21.2 Å². The Balaban J connectivity index is 1.65. The van der Waals surface area contributed by atoms with E-state index < -0.39 is 41.7 Å². The quantitative estimate of drug-likeness (QED) is 0.305. The van der Waals surface area contributed by atoms with Gasteiger partial charge in [0.25, 0.3) is 17.7 Å². The molecule has 3 rings (SSSR count). The first-order valence-electron chi connectivity index (χ1n) is 10.5. The van der Waals surface area contributed by atoms with Gasteiger partial charge in [-0.2, -0.15) is 0 Å². The largest absolute Gasteiger partial charge is 0.462 e. The summed E-state index contributed by atoms with van der Waals surface area (Å²) in [7, 11) is 0. The van der Waals surface area contributed by atoms with Gasteiger partial charge < -0.3 is 10.1 Å². The Bertz CT molecular complexity index is 974. The number of imide groups is 2. The molecule has 176 valence electrons. The first-order chi connectivity index (χ1) is 15.7. The number of nitrogens with one attached hydrogen (secondary N) is 1. The molecule has 2 aliphatic heterocycles.